The van der Waals surface area contributed by atoms with Crippen LogP contribution < -0.4 is 0 Å². The summed E-state index contributed by atoms with van der Waals surface area (Å²) in [5.74, 6) is -2.72. The van der Waals surface area contributed by atoms with E-state index in [0.717, 1.165) is 5.57 Å². The molecular formula is C34H44O8. The second-order valence-corrected chi connectivity index (χ2v) is 14.1. The van der Waals surface area contributed by atoms with Gasteiger partial charge in [0.2, 0.25) is 5.78 Å². The van der Waals surface area contributed by atoms with Crippen molar-refractivity contribution in [1.82, 2.24) is 0 Å². The molecule has 8 heteroatoms. The van der Waals surface area contributed by atoms with Gasteiger partial charge in [0.05, 0.1) is 18.1 Å². The molecule has 1 heterocycles. The van der Waals surface area contributed by atoms with Crippen LogP contribution in [0.1, 0.15) is 85.5 Å². The Morgan fingerprint density at radius 1 is 0.952 bits per heavy atom. The van der Waals surface area contributed by atoms with Crippen molar-refractivity contribution in [1.29, 1.82) is 0 Å². The number of hydrogen-bond acceptors (Lipinski definition) is 8. The van der Waals surface area contributed by atoms with Crippen LogP contribution in [0.2, 0.25) is 0 Å². The van der Waals surface area contributed by atoms with Gasteiger partial charge in [-0.1, -0.05) is 65.3 Å². The Morgan fingerprint density at radius 2 is 1.60 bits per heavy atom. The van der Waals surface area contributed by atoms with Crippen LogP contribution in [-0.4, -0.2) is 54.2 Å². The number of hydrogen-bond donors (Lipinski definition) is 0. The molecule has 4 aliphatic rings. The van der Waals surface area contributed by atoms with E-state index >= 15 is 0 Å². The molecule has 5 rings (SSSR count). The van der Waals surface area contributed by atoms with Gasteiger partial charge in [-0.3, -0.25) is 14.4 Å². The van der Waals surface area contributed by atoms with Crippen molar-refractivity contribution in [2.75, 3.05) is 6.61 Å². The zero-order chi connectivity index (χ0) is 31.0. The van der Waals surface area contributed by atoms with Crippen molar-refractivity contribution in [3.63, 3.8) is 0 Å². The van der Waals surface area contributed by atoms with Crippen LogP contribution >= 0.6 is 0 Å². The first-order valence-electron chi connectivity index (χ1n) is 15.0. The van der Waals surface area contributed by atoms with Crippen molar-refractivity contribution in [2.45, 2.75) is 99.1 Å². The highest BCUT2D eigenvalue weighted by Crippen LogP contribution is 2.68. The number of ketones is 1. The molecule has 3 aliphatic carbocycles. The molecule has 0 aromatic heterocycles. The normalized spacial score (nSPS) is 40.4. The van der Waals surface area contributed by atoms with Gasteiger partial charge in [0, 0.05) is 35.7 Å². The molecule has 8 nitrogen and oxygen atoms in total. The van der Waals surface area contributed by atoms with E-state index in [1.54, 1.807) is 24.3 Å². The van der Waals surface area contributed by atoms with Crippen molar-refractivity contribution in [3.8, 4) is 0 Å². The highest BCUT2D eigenvalue weighted by molar-refractivity contribution is 6.03. The maximum Gasteiger partial charge on any atom is 0.338 e. The SMILES string of the molecule is CC(=O)O[C@@H]1C(=O)C2=C(C)[C@@H](C)C[C@@](C)([C@@H](OC(=O)c3ccccc3)C3[C@@]1(C)[C@@H](C)C[C@H]1OC[C@@]31OC(C)=O)C2(C)C. The minimum Gasteiger partial charge on any atom is -0.458 e. The standard InChI is InChI=1S/C34H44O8/c1-18-16-32(8)29(41-30(38)23-13-11-10-12-14-23)27-33(9,19(2)15-24-34(27,17-39-24)42-22(5)36)28(40-21(4)35)26(37)25(20(18)3)31(32,6)7/h10-14,18-19,24,27-29H,15-17H2,1-9H3/t18-,19-,24+,27?,28+,29-,32-,33+,34-/m0/s1. The zero-order valence-electron chi connectivity index (χ0n) is 26.2. The minimum atomic E-state index is -1.18. The first-order valence-corrected chi connectivity index (χ1v) is 15.0. The lowest BCUT2D eigenvalue weighted by Crippen LogP contribution is -2.79. The van der Waals surface area contributed by atoms with Gasteiger partial charge in [0.25, 0.3) is 0 Å². The summed E-state index contributed by atoms with van der Waals surface area (Å²) in [5, 5.41) is 0. The van der Waals surface area contributed by atoms with Crippen LogP contribution in [0, 0.1) is 34.0 Å². The molecule has 1 saturated heterocycles. The Kier molecular flexibility index (Phi) is 7.28. The third kappa shape index (κ3) is 4.11. The van der Waals surface area contributed by atoms with E-state index in [9.17, 15) is 19.2 Å². The molecule has 1 aromatic carbocycles. The van der Waals surface area contributed by atoms with Crippen LogP contribution in [0.25, 0.3) is 0 Å². The van der Waals surface area contributed by atoms with E-state index in [0.29, 0.717) is 24.0 Å². The molecule has 2 saturated carbocycles. The number of carbonyl (C=O) groups excluding carboxylic acids is 4. The maximum absolute atomic E-state index is 14.9. The molecule has 2 bridgehead atoms. The number of rotatable bonds is 4. The Bertz CT molecular complexity index is 1350. The largest absolute Gasteiger partial charge is 0.458 e. The van der Waals surface area contributed by atoms with Crippen LogP contribution in [-0.2, 0) is 33.3 Å². The monoisotopic (exact) mass is 580 g/mol. The number of allylic oxidation sites excluding steroid dienone is 1. The van der Waals surface area contributed by atoms with Gasteiger partial charge in [-0.05, 0) is 43.7 Å². The molecule has 9 atom stereocenters. The van der Waals surface area contributed by atoms with Crippen molar-refractivity contribution in [2.24, 2.45) is 34.0 Å². The topological polar surface area (TPSA) is 105 Å². The van der Waals surface area contributed by atoms with Gasteiger partial charge in [-0.15, -0.1) is 0 Å². The van der Waals surface area contributed by atoms with E-state index in [1.807, 2.05) is 40.7 Å². The van der Waals surface area contributed by atoms with Gasteiger partial charge in [0.15, 0.2) is 11.7 Å². The second-order valence-electron chi connectivity index (χ2n) is 14.1. The summed E-state index contributed by atoms with van der Waals surface area (Å²) in [6, 6.07) is 8.82. The summed E-state index contributed by atoms with van der Waals surface area (Å²) >= 11 is 0. The molecule has 42 heavy (non-hydrogen) atoms. The highest BCUT2D eigenvalue weighted by Gasteiger charge is 2.76. The van der Waals surface area contributed by atoms with Crippen LogP contribution in [0.4, 0.5) is 0 Å². The second kappa shape index (κ2) is 10.0. The molecule has 3 fully saturated rings. The van der Waals surface area contributed by atoms with Gasteiger partial charge >= 0.3 is 17.9 Å². The Labute approximate surface area is 248 Å². The highest BCUT2D eigenvalue weighted by atomic mass is 16.6. The molecule has 0 spiro atoms. The zero-order valence-corrected chi connectivity index (χ0v) is 26.2. The third-order valence-electron chi connectivity index (χ3n) is 11.6. The molecule has 0 N–H and O–H groups in total. The third-order valence-corrected chi connectivity index (χ3v) is 11.6. The Hall–Kier alpha value is -3.00. The van der Waals surface area contributed by atoms with E-state index < -0.39 is 64.0 Å². The molecule has 1 aliphatic heterocycles. The number of benzene rings is 1. The molecular weight excluding hydrogens is 536 g/mol. The first kappa shape index (κ1) is 30.5. The van der Waals surface area contributed by atoms with Gasteiger partial charge in [-0.25, -0.2) is 4.79 Å². The van der Waals surface area contributed by atoms with Crippen molar-refractivity contribution >= 4 is 23.7 Å². The maximum atomic E-state index is 14.9. The summed E-state index contributed by atoms with van der Waals surface area (Å²) in [5.41, 5.74) is -1.82. The number of esters is 3. The summed E-state index contributed by atoms with van der Waals surface area (Å²) in [7, 11) is 0. The van der Waals surface area contributed by atoms with Gasteiger partial charge in [-0.2, -0.15) is 0 Å². The van der Waals surface area contributed by atoms with Gasteiger partial charge in [0.1, 0.15) is 12.2 Å². The molecule has 1 aromatic rings. The minimum absolute atomic E-state index is 0.0126. The summed E-state index contributed by atoms with van der Waals surface area (Å²) in [6.45, 7) is 16.9. The lowest BCUT2D eigenvalue weighted by atomic mass is 9.40. The first-order chi connectivity index (χ1) is 19.5. The predicted molar refractivity (Wildman–Crippen MR) is 154 cm³/mol. The Balaban J connectivity index is 1.85. The van der Waals surface area contributed by atoms with E-state index in [4.69, 9.17) is 18.9 Å². The smallest absolute Gasteiger partial charge is 0.338 e. The number of ether oxygens (including phenoxy) is 4. The van der Waals surface area contributed by atoms with E-state index in [2.05, 4.69) is 13.8 Å². The predicted octanol–water partition coefficient (Wildman–Crippen LogP) is 5.48. The van der Waals surface area contributed by atoms with Crippen LogP contribution in [0.5, 0.6) is 0 Å². The fraction of sp³-hybridized carbons (Fsp3) is 0.647. The summed E-state index contributed by atoms with van der Waals surface area (Å²) in [4.78, 5) is 54.3. The molecule has 228 valence electrons. The molecule has 0 amide bonds. The average molecular weight is 581 g/mol. The number of carbonyl (C=O) groups is 4. The molecule has 0 radical (unpaired) electrons. The fourth-order valence-electron chi connectivity index (χ4n) is 8.89. The lowest BCUT2D eigenvalue weighted by Gasteiger charge is -2.69. The fourth-order valence-corrected chi connectivity index (χ4v) is 8.89. The lowest BCUT2D eigenvalue weighted by molar-refractivity contribution is -0.346. The van der Waals surface area contributed by atoms with E-state index in [-0.39, 0.29) is 24.2 Å². The van der Waals surface area contributed by atoms with Crippen LogP contribution in [0.3, 0.4) is 0 Å². The van der Waals surface area contributed by atoms with Crippen LogP contribution in [0.15, 0.2) is 41.5 Å². The average Bonchev–Trinajstić information content (AvgIpc) is 2.90. The van der Waals surface area contributed by atoms with Gasteiger partial charge < -0.3 is 18.9 Å². The molecule has 1 unspecified atom stereocenters. The number of fused-ring (bicyclic) bond motifs is 5. The summed E-state index contributed by atoms with van der Waals surface area (Å²) < 4.78 is 25.0. The van der Waals surface area contributed by atoms with E-state index in [1.165, 1.54) is 13.8 Å². The Morgan fingerprint density at radius 3 is 2.14 bits per heavy atom. The quantitative estimate of drug-likeness (QED) is 0.341. The summed E-state index contributed by atoms with van der Waals surface area (Å²) in [6.07, 6.45) is -1.34. The van der Waals surface area contributed by atoms with Crippen molar-refractivity contribution in [3.05, 3.63) is 47.0 Å². The van der Waals surface area contributed by atoms with Crippen molar-refractivity contribution < 1.29 is 38.1 Å². The number of Topliss-reactive ketones (excluding diaryl/α,β-unsaturated/α-hetero) is 1.